The van der Waals surface area contributed by atoms with Crippen LogP contribution in [-0.4, -0.2) is 14.8 Å². The largest absolute Gasteiger partial charge is 0.311 e. The van der Waals surface area contributed by atoms with Crippen LogP contribution in [0, 0.1) is 0 Å². The number of fused-ring (bicyclic) bond motifs is 9. The highest BCUT2D eigenvalue weighted by Gasteiger charge is 2.50. The highest BCUT2D eigenvalue weighted by molar-refractivity contribution is 7.33. The molecule has 0 unspecified atom stereocenters. The van der Waals surface area contributed by atoms with E-state index in [4.69, 9.17) is 0 Å². The van der Waals surface area contributed by atoms with Crippen molar-refractivity contribution in [3.63, 3.8) is 0 Å². The van der Waals surface area contributed by atoms with E-state index < -0.39 is 8.07 Å². The van der Waals surface area contributed by atoms with E-state index in [1.54, 1.807) is 0 Å². The van der Waals surface area contributed by atoms with E-state index in [2.05, 4.69) is 283 Å². The van der Waals surface area contributed by atoms with Crippen molar-refractivity contribution in [2.24, 2.45) is 0 Å². The molecule has 0 radical (unpaired) electrons. The summed E-state index contributed by atoms with van der Waals surface area (Å²) < 4.78 is 2.86. The third kappa shape index (κ3) is 8.58. The van der Waals surface area contributed by atoms with Crippen LogP contribution in [0.2, 0.25) is 19.6 Å². The minimum atomic E-state index is -1.59. The van der Waals surface area contributed by atoms with Gasteiger partial charge in [-0.2, -0.15) is 0 Å². The minimum absolute atomic E-state index is 0.00816. The van der Waals surface area contributed by atoms with E-state index in [-0.39, 0.29) is 44.6 Å². The predicted molar refractivity (Wildman–Crippen MR) is 358 cm³/mol. The smallest absolute Gasteiger partial charge is 0.264 e. The summed E-state index contributed by atoms with van der Waals surface area (Å²) in [6.45, 7) is 44.3. The maximum atomic E-state index is 2.78. The molecule has 0 spiro atoms. The fraction of sp³-hybridized carbons (Fsp3) is 0.413. The molecule has 0 amide bonds. The van der Waals surface area contributed by atoms with Crippen molar-refractivity contribution in [3.8, 4) is 0 Å². The van der Waals surface area contributed by atoms with Crippen molar-refractivity contribution in [1.29, 1.82) is 0 Å². The molecule has 0 N–H and O–H groups in total. The van der Waals surface area contributed by atoms with Gasteiger partial charge in [-0.15, -0.1) is 11.3 Å². The standard InChI is InChI=1S/C75H88BN3SSi/c1-69(2,3)47-24-26-50(27-25-47)78-62-45-59-58(73(10,11)37-38-74(59,12)13)44-61(62)76-66-63(78)41-52(77(48-22-20-19-21-23-48)49-28-31-53(32-29-49)81(16,17)18)42-64(66)79(51-30-33-55-56(40-51)71(6,7)35-34-70(55,4)5)67-54-43-57-60(46-65(54)80-68(67)76)75(14,15)39-36-72(57,8)9/h19-33,40-46H,34-39H2,1-18H3. The first-order valence-corrected chi connectivity index (χ1v) is 35.0. The van der Waals surface area contributed by atoms with Crippen molar-refractivity contribution in [1.82, 2.24) is 0 Å². The Morgan fingerprint density at radius 2 is 0.938 bits per heavy atom. The second-order valence-corrected chi connectivity index (χ2v) is 37.6. The molecule has 81 heavy (non-hydrogen) atoms. The maximum absolute atomic E-state index is 2.78. The molecule has 0 bridgehead atoms. The van der Waals surface area contributed by atoms with Gasteiger partial charge < -0.3 is 14.7 Å². The molecular formula is C75H88BN3SSi. The van der Waals surface area contributed by atoms with Crippen LogP contribution < -0.4 is 35.6 Å². The van der Waals surface area contributed by atoms with Gasteiger partial charge in [0.1, 0.15) is 0 Å². The lowest BCUT2D eigenvalue weighted by Crippen LogP contribution is -2.61. The fourth-order valence-corrected chi connectivity index (χ4v) is 17.7. The summed E-state index contributed by atoms with van der Waals surface area (Å²) in [5, 5.41) is 2.85. The summed E-state index contributed by atoms with van der Waals surface area (Å²) in [4.78, 5) is 8.04. The van der Waals surface area contributed by atoms with Crippen LogP contribution in [0.25, 0.3) is 10.1 Å². The van der Waals surface area contributed by atoms with Crippen LogP contribution >= 0.6 is 11.3 Å². The second-order valence-electron chi connectivity index (χ2n) is 31.5. The molecular weight excluding hydrogens is 1010 g/mol. The van der Waals surface area contributed by atoms with Gasteiger partial charge in [-0.05, 0) is 205 Å². The van der Waals surface area contributed by atoms with Gasteiger partial charge in [0.15, 0.2) is 0 Å². The molecule has 0 saturated heterocycles. The van der Waals surface area contributed by atoms with E-state index >= 15 is 0 Å². The Morgan fingerprint density at radius 3 is 1.49 bits per heavy atom. The summed E-state index contributed by atoms with van der Waals surface area (Å²) >= 11 is 2.08. The molecule has 416 valence electrons. The van der Waals surface area contributed by atoms with Gasteiger partial charge in [-0.25, -0.2) is 0 Å². The lowest BCUT2D eigenvalue weighted by molar-refractivity contribution is 0.332. The van der Waals surface area contributed by atoms with E-state index in [1.807, 2.05) is 0 Å². The highest BCUT2D eigenvalue weighted by Crippen LogP contribution is 2.57. The first-order valence-electron chi connectivity index (χ1n) is 30.7. The molecule has 3 nitrogen and oxygen atoms in total. The zero-order valence-corrected chi connectivity index (χ0v) is 54.1. The molecule has 1 aromatic heterocycles. The van der Waals surface area contributed by atoms with E-state index in [9.17, 15) is 0 Å². The zero-order chi connectivity index (χ0) is 57.5. The number of hydrogen-bond acceptors (Lipinski definition) is 4. The molecule has 7 aromatic carbocycles. The number of benzene rings is 7. The van der Waals surface area contributed by atoms with Crippen molar-refractivity contribution in [2.45, 2.75) is 200 Å². The normalized spacial score (nSPS) is 19.5. The molecule has 13 rings (SSSR count). The molecule has 3 heterocycles. The van der Waals surface area contributed by atoms with Crippen LogP contribution in [0.4, 0.5) is 51.2 Å². The highest BCUT2D eigenvalue weighted by atomic mass is 32.1. The molecule has 3 aliphatic carbocycles. The maximum Gasteiger partial charge on any atom is 0.264 e. The Morgan fingerprint density at radius 1 is 0.457 bits per heavy atom. The number of nitrogens with zero attached hydrogens (tertiary/aromatic N) is 3. The molecule has 0 atom stereocenters. The molecule has 8 aromatic rings. The van der Waals surface area contributed by atoms with Crippen LogP contribution in [0.3, 0.4) is 0 Å². The van der Waals surface area contributed by atoms with Gasteiger partial charge in [0.05, 0.1) is 19.4 Å². The fourth-order valence-electron chi connectivity index (χ4n) is 15.2. The van der Waals surface area contributed by atoms with Crippen LogP contribution in [0.15, 0.2) is 133 Å². The first kappa shape index (κ1) is 54.4. The summed E-state index contributed by atoms with van der Waals surface area (Å²) in [5.74, 6) is 0. The summed E-state index contributed by atoms with van der Waals surface area (Å²) in [6, 6.07) is 54.1. The Labute approximate surface area is 492 Å². The monoisotopic (exact) mass is 1100 g/mol. The SMILES string of the molecule is CC(C)(C)c1ccc(N2c3cc4c(cc3B3c5sc6cc7c(cc6c5N(c5ccc6c(c5)C(C)(C)CCC6(C)C)c5cc(N(c6ccccc6)c6ccc([Si](C)(C)C)cc6)cc2c53)C(C)(C)CCC7(C)C)C(C)(C)CCC4(C)C)cc1. The topological polar surface area (TPSA) is 9.72 Å². The quantitative estimate of drug-likeness (QED) is 0.154. The Bertz CT molecular complexity index is 3860. The van der Waals surface area contributed by atoms with E-state index in [0.29, 0.717) is 0 Å². The van der Waals surface area contributed by atoms with E-state index in [0.717, 1.165) is 24.2 Å². The van der Waals surface area contributed by atoms with Crippen LogP contribution in [-0.2, 0) is 37.9 Å². The van der Waals surface area contributed by atoms with Gasteiger partial charge in [0.2, 0.25) is 0 Å². The van der Waals surface area contributed by atoms with E-state index in [1.165, 1.54) is 135 Å². The van der Waals surface area contributed by atoms with Crippen molar-refractivity contribution in [3.05, 3.63) is 172 Å². The summed E-state index contributed by atoms with van der Waals surface area (Å²) in [7, 11) is -1.59. The molecule has 6 heteroatoms. The first-order chi connectivity index (χ1) is 37.9. The van der Waals surface area contributed by atoms with Crippen molar-refractivity contribution < 1.29 is 0 Å². The molecule has 0 saturated carbocycles. The van der Waals surface area contributed by atoms with Gasteiger partial charge in [0, 0.05) is 54.7 Å². The van der Waals surface area contributed by atoms with Gasteiger partial charge >= 0.3 is 0 Å². The number of para-hydroxylation sites is 1. The third-order valence-electron chi connectivity index (χ3n) is 20.9. The number of hydrogen-bond donors (Lipinski definition) is 0. The Hall–Kier alpha value is -5.82. The lowest BCUT2D eigenvalue weighted by Gasteiger charge is -2.47. The average Bonchev–Trinajstić information content (AvgIpc) is 2.00. The van der Waals surface area contributed by atoms with Crippen LogP contribution in [0.1, 0.15) is 181 Å². The predicted octanol–water partition coefficient (Wildman–Crippen LogP) is 19.3. The molecule has 0 fully saturated rings. The van der Waals surface area contributed by atoms with Gasteiger partial charge in [-0.3, -0.25) is 0 Å². The average molecular weight is 1100 g/mol. The van der Waals surface area contributed by atoms with Crippen LogP contribution in [0.5, 0.6) is 0 Å². The number of rotatable bonds is 6. The second kappa shape index (κ2) is 17.9. The number of anilines is 9. The van der Waals surface area contributed by atoms with Gasteiger partial charge in [-0.1, -0.05) is 183 Å². The zero-order valence-electron chi connectivity index (χ0n) is 52.3. The third-order valence-corrected chi connectivity index (χ3v) is 24.2. The molecule has 5 aliphatic rings. The van der Waals surface area contributed by atoms with Gasteiger partial charge in [0.25, 0.3) is 6.71 Å². The summed E-state index contributed by atoms with van der Waals surface area (Å²) in [6.07, 6.45) is 7.03. The minimum Gasteiger partial charge on any atom is -0.311 e. The lowest BCUT2D eigenvalue weighted by atomic mass is 9.35. The number of thiophene rings is 1. The Balaban J connectivity index is 1.21. The van der Waals surface area contributed by atoms with Crippen molar-refractivity contribution >= 4 is 108 Å². The summed E-state index contributed by atoms with van der Waals surface area (Å²) in [5.41, 5.74) is 24.6. The Kier molecular flexibility index (Phi) is 12.0. The van der Waals surface area contributed by atoms with Crippen molar-refractivity contribution in [2.75, 3.05) is 14.7 Å². The molecule has 2 aliphatic heterocycles.